The van der Waals surface area contributed by atoms with E-state index in [0.29, 0.717) is 0 Å². The molecule has 5 heteroatoms. The van der Waals surface area contributed by atoms with Gasteiger partial charge in [-0.05, 0) is 30.4 Å². The Morgan fingerprint density at radius 2 is 1.88 bits per heavy atom. The summed E-state index contributed by atoms with van der Waals surface area (Å²) in [5.41, 5.74) is 9.54. The molecule has 5 nitrogen and oxygen atoms in total. The van der Waals surface area contributed by atoms with Crippen LogP contribution >= 0.6 is 0 Å². The Morgan fingerprint density at radius 1 is 1.08 bits per heavy atom. The fourth-order valence-electron chi connectivity index (χ4n) is 2.81. The van der Waals surface area contributed by atoms with Gasteiger partial charge in [-0.25, -0.2) is 4.99 Å². The summed E-state index contributed by atoms with van der Waals surface area (Å²) < 4.78 is 4.87. The number of aliphatic imine (C=N–C) groups is 1. The summed E-state index contributed by atoms with van der Waals surface area (Å²) in [5.74, 6) is 0. The second-order valence-corrected chi connectivity index (χ2v) is 5.89. The number of aldehydes is 1. The number of allylic oxidation sites excluding steroid dienone is 2. The molecule has 2 aliphatic rings. The molecule has 1 aromatic heterocycles. The van der Waals surface area contributed by atoms with Crippen molar-refractivity contribution in [3.05, 3.63) is 78.5 Å². The maximum Gasteiger partial charge on any atom is 0.166 e. The summed E-state index contributed by atoms with van der Waals surface area (Å²) in [4.78, 5) is 15.4. The number of carbonyl (C=O) groups is 1. The van der Waals surface area contributed by atoms with Crippen LogP contribution in [-0.2, 0) is 4.79 Å². The Bertz CT molecular complexity index is 1020. The average molecular weight is 329 g/mol. The van der Waals surface area contributed by atoms with E-state index in [2.05, 4.69) is 10.1 Å². The standard InChI is InChI=1S/C13H10N2O.C7H5NO/c14-13(8-16)6-5-12-10(7-13)9-3-1-2-4-11(9)15-12;1-2-4-7-6(3-1)5-8-9-7/h1-8H,14H2;1-5H. The van der Waals surface area contributed by atoms with E-state index in [1.807, 2.05) is 54.6 Å². The van der Waals surface area contributed by atoms with Gasteiger partial charge in [0.2, 0.25) is 0 Å². The van der Waals surface area contributed by atoms with Gasteiger partial charge in [0.1, 0.15) is 11.8 Å². The molecule has 0 amide bonds. The number of para-hydroxylation sites is 2. The molecule has 3 aromatic rings. The van der Waals surface area contributed by atoms with Crippen LogP contribution in [0.3, 0.4) is 0 Å². The minimum Gasteiger partial charge on any atom is -0.356 e. The number of benzene rings is 2. The molecule has 1 unspecified atom stereocenters. The van der Waals surface area contributed by atoms with Crippen molar-refractivity contribution in [2.45, 2.75) is 5.54 Å². The van der Waals surface area contributed by atoms with Crippen LogP contribution < -0.4 is 5.73 Å². The summed E-state index contributed by atoms with van der Waals surface area (Å²) in [6.45, 7) is 0. The average Bonchev–Trinajstić information content (AvgIpc) is 3.26. The molecule has 0 saturated heterocycles. The molecule has 0 bridgehead atoms. The van der Waals surface area contributed by atoms with Crippen LogP contribution in [0.25, 0.3) is 16.5 Å². The number of hydrogen-bond acceptors (Lipinski definition) is 5. The first-order valence-corrected chi connectivity index (χ1v) is 7.84. The Morgan fingerprint density at radius 3 is 2.72 bits per heavy atom. The third kappa shape index (κ3) is 2.81. The summed E-state index contributed by atoms with van der Waals surface area (Å²) in [6, 6.07) is 15.6. The fraction of sp³-hybridized carbons (Fsp3) is 0.0500. The van der Waals surface area contributed by atoms with E-state index in [4.69, 9.17) is 10.3 Å². The van der Waals surface area contributed by atoms with Gasteiger partial charge in [-0.2, -0.15) is 0 Å². The molecule has 122 valence electrons. The normalized spacial score (nSPS) is 20.0. The predicted molar refractivity (Wildman–Crippen MR) is 97.6 cm³/mol. The highest BCUT2D eigenvalue weighted by Crippen LogP contribution is 2.37. The highest BCUT2D eigenvalue weighted by atomic mass is 16.5. The first-order chi connectivity index (χ1) is 12.2. The molecule has 1 aliphatic carbocycles. The van der Waals surface area contributed by atoms with Crippen LogP contribution in [0.15, 0.2) is 82.5 Å². The number of nitrogens with two attached hydrogens (primary N) is 1. The second kappa shape index (κ2) is 5.96. The van der Waals surface area contributed by atoms with Crippen molar-refractivity contribution >= 4 is 34.2 Å². The lowest BCUT2D eigenvalue weighted by Crippen LogP contribution is -2.39. The molecule has 1 atom stereocenters. The van der Waals surface area contributed by atoms with Crippen LogP contribution in [0.4, 0.5) is 5.69 Å². The highest BCUT2D eigenvalue weighted by Gasteiger charge is 2.28. The van der Waals surface area contributed by atoms with Crippen molar-refractivity contribution in [1.82, 2.24) is 5.16 Å². The highest BCUT2D eigenvalue weighted by molar-refractivity contribution is 6.35. The number of rotatable bonds is 1. The van der Waals surface area contributed by atoms with Crippen molar-refractivity contribution in [3.8, 4) is 0 Å². The van der Waals surface area contributed by atoms with Crippen molar-refractivity contribution in [3.63, 3.8) is 0 Å². The minimum atomic E-state index is -0.994. The van der Waals surface area contributed by atoms with Gasteiger partial charge in [-0.15, -0.1) is 0 Å². The van der Waals surface area contributed by atoms with Gasteiger partial charge in [0.05, 0.1) is 17.6 Å². The Labute approximate surface area is 144 Å². The van der Waals surface area contributed by atoms with E-state index in [0.717, 1.165) is 39.8 Å². The van der Waals surface area contributed by atoms with Crippen molar-refractivity contribution in [2.75, 3.05) is 0 Å². The monoisotopic (exact) mass is 329 g/mol. The van der Waals surface area contributed by atoms with Crippen molar-refractivity contribution in [1.29, 1.82) is 0 Å². The van der Waals surface area contributed by atoms with Gasteiger partial charge < -0.3 is 15.1 Å². The maximum atomic E-state index is 10.9. The summed E-state index contributed by atoms with van der Waals surface area (Å²) >= 11 is 0. The Balaban J connectivity index is 0.000000147. The van der Waals surface area contributed by atoms with Gasteiger partial charge in [-0.3, -0.25) is 0 Å². The number of fused-ring (bicyclic) bond motifs is 4. The quantitative estimate of drug-likeness (QED) is 0.693. The lowest BCUT2D eigenvalue weighted by molar-refractivity contribution is -0.109. The predicted octanol–water partition coefficient (Wildman–Crippen LogP) is 3.45. The van der Waals surface area contributed by atoms with E-state index in [9.17, 15) is 4.79 Å². The summed E-state index contributed by atoms with van der Waals surface area (Å²) in [6.07, 6.45) is 7.70. The van der Waals surface area contributed by atoms with Gasteiger partial charge in [0, 0.05) is 16.5 Å². The van der Waals surface area contributed by atoms with Gasteiger partial charge in [0.15, 0.2) is 5.58 Å². The molecule has 25 heavy (non-hydrogen) atoms. The lowest BCUT2D eigenvalue weighted by Gasteiger charge is -2.19. The smallest absolute Gasteiger partial charge is 0.166 e. The van der Waals surface area contributed by atoms with Crippen LogP contribution in [0, 0.1) is 0 Å². The summed E-state index contributed by atoms with van der Waals surface area (Å²) in [7, 11) is 0. The molecular weight excluding hydrogens is 314 g/mol. The Hall–Kier alpha value is -3.31. The van der Waals surface area contributed by atoms with Crippen LogP contribution in [-0.4, -0.2) is 22.7 Å². The molecule has 0 fully saturated rings. The number of aromatic nitrogens is 1. The molecule has 5 rings (SSSR count). The van der Waals surface area contributed by atoms with E-state index in [-0.39, 0.29) is 0 Å². The lowest BCUT2D eigenvalue weighted by atomic mass is 9.88. The second-order valence-electron chi connectivity index (χ2n) is 5.89. The molecule has 1 aliphatic heterocycles. The zero-order chi connectivity index (χ0) is 17.3. The molecular formula is C20H15N3O2. The third-order valence-corrected chi connectivity index (χ3v) is 4.10. The molecule has 2 heterocycles. The zero-order valence-electron chi connectivity index (χ0n) is 13.3. The van der Waals surface area contributed by atoms with Gasteiger partial charge >= 0.3 is 0 Å². The molecule has 2 N–H and O–H groups in total. The van der Waals surface area contributed by atoms with Crippen molar-refractivity contribution < 1.29 is 9.32 Å². The van der Waals surface area contributed by atoms with Gasteiger partial charge in [-0.1, -0.05) is 41.6 Å². The van der Waals surface area contributed by atoms with Crippen LogP contribution in [0.5, 0.6) is 0 Å². The SMILES string of the molecule is NC1(C=O)C=CC2=Nc3ccccc3C2=C1.c1ccc2oncc2c1. The summed E-state index contributed by atoms with van der Waals surface area (Å²) in [5, 5.41) is 4.68. The maximum absolute atomic E-state index is 10.9. The first-order valence-electron chi connectivity index (χ1n) is 7.84. The number of carbonyl (C=O) groups excluding carboxylic acids is 1. The largest absolute Gasteiger partial charge is 0.356 e. The van der Waals surface area contributed by atoms with Crippen molar-refractivity contribution in [2.24, 2.45) is 10.7 Å². The minimum absolute atomic E-state index is 0.744. The topological polar surface area (TPSA) is 81.5 Å². The molecule has 0 spiro atoms. The van der Waals surface area contributed by atoms with E-state index in [1.54, 1.807) is 18.3 Å². The van der Waals surface area contributed by atoms with E-state index in [1.165, 1.54) is 0 Å². The number of nitrogens with zero attached hydrogens (tertiary/aromatic N) is 2. The fourth-order valence-corrected chi connectivity index (χ4v) is 2.81. The molecule has 2 aromatic carbocycles. The van der Waals surface area contributed by atoms with Crippen LogP contribution in [0.1, 0.15) is 5.56 Å². The zero-order valence-corrected chi connectivity index (χ0v) is 13.3. The first kappa shape index (κ1) is 15.2. The van der Waals surface area contributed by atoms with E-state index < -0.39 is 5.54 Å². The molecule has 0 saturated carbocycles. The van der Waals surface area contributed by atoms with Crippen LogP contribution in [0.2, 0.25) is 0 Å². The number of hydrogen-bond donors (Lipinski definition) is 1. The van der Waals surface area contributed by atoms with E-state index >= 15 is 0 Å². The van der Waals surface area contributed by atoms with Gasteiger partial charge in [0.25, 0.3) is 0 Å². The third-order valence-electron chi connectivity index (χ3n) is 4.10. The molecule has 0 radical (unpaired) electrons. The Kier molecular flexibility index (Phi) is 3.63.